The Hall–Kier alpha value is -5.40. The highest BCUT2D eigenvalue weighted by Gasteiger charge is 2.52. The topological polar surface area (TPSA) is 155 Å². The van der Waals surface area contributed by atoms with Gasteiger partial charge in [-0.25, -0.2) is 19.6 Å². The van der Waals surface area contributed by atoms with Gasteiger partial charge in [0.2, 0.25) is 0 Å². The van der Waals surface area contributed by atoms with Gasteiger partial charge in [0.15, 0.2) is 25.3 Å². The highest BCUT2D eigenvalue weighted by Crippen LogP contribution is 2.51. The van der Waals surface area contributed by atoms with Crippen LogP contribution in [0.15, 0.2) is 128 Å². The molecule has 1 aliphatic rings. The van der Waals surface area contributed by atoms with Gasteiger partial charge in [-0.05, 0) is 86.8 Å². The minimum atomic E-state index is -2.64. The molecular formula is C53H66N7O7PSi. The lowest BCUT2D eigenvalue weighted by Gasteiger charge is -2.50. The second-order valence-corrected chi connectivity index (χ2v) is 25.4. The van der Waals surface area contributed by atoms with E-state index in [0.29, 0.717) is 16.7 Å². The lowest BCUT2D eigenvalue weighted by atomic mass is 9.80. The highest BCUT2D eigenvalue weighted by molar-refractivity contribution is 7.44. The van der Waals surface area contributed by atoms with Crippen LogP contribution in [-0.2, 0) is 28.5 Å². The van der Waals surface area contributed by atoms with Crippen LogP contribution >= 0.6 is 8.53 Å². The van der Waals surface area contributed by atoms with Crippen molar-refractivity contribution in [2.24, 2.45) is 0 Å². The molecule has 1 unspecified atom stereocenters. The number of hydrogen-bond acceptors (Lipinski definition) is 12. The molecule has 364 valence electrons. The quantitative estimate of drug-likeness (QED) is 0.0335. The molecule has 0 radical (unpaired) electrons. The van der Waals surface area contributed by atoms with Gasteiger partial charge in [0, 0.05) is 17.6 Å². The van der Waals surface area contributed by atoms with Crippen LogP contribution in [0.25, 0.3) is 11.2 Å². The molecule has 3 heterocycles. The van der Waals surface area contributed by atoms with Crippen molar-refractivity contribution in [2.75, 3.05) is 32.2 Å². The summed E-state index contributed by atoms with van der Waals surface area (Å²) in [5.41, 5.74) is 3.03. The lowest BCUT2D eigenvalue weighted by Crippen LogP contribution is -2.59. The Balaban J connectivity index is 1.38. The third-order valence-corrected chi connectivity index (χ3v) is 19.6. The first-order valence-corrected chi connectivity index (χ1v) is 27.6. The Morgan fingerprint density at radius 1 is 0.870 bits per heavy atom. The zero-order valence-corrected chi connectivity index (χ0v) is 43.3. The van der Waals surface area contributed by atoms with E-state index in [2.05, 4.69) is 107 Å². The van der Waals surface area contributed by atoms with Gasteiger partial charge < -0.3 is 37.6 Å². The summed E-state index contributed by atoms with van der Waals surface area (Å²) in [7, 11) is -2.80. The molecule has 0 aliphatic carbocycles. The summed E-state index contributed by atoms with van der Waals surface area (Å²) in [6.45, 7) is 20.0. The number of hydrogen-bond donors (Lipinski definition) is 1. The van der Waals surface area contributed by atoms with Crippen LogP contribution < -0.4 is 10.1 Å². The van der Waals surface area contributed by atoms with Gasteiger partial charge >= 0.3 is 0 Å². The number of rotatable bonds is 20. The zero-order valence-electron chi connectivity index (χ0n) is 41.4. The number of carbonyl (C=O) groups excluding carboxylic acids is 1. The Morgan fingerprint density at radius 2 is 1.46 bits per heavy atom. The first-order valence-electron chi connectivity index (χ1n) is 23.6. The first-order chi connectivity index (χ1) is 33.1. The molecule has 0 spiro atoms. The van der Waals surface area contributed by atoms with Gasteiger partial charge in [-0.15, -0.1) is 0 Å². The standard InChI is InChI=1S/C53H66N7O7PSi/c1-37(2)60(38(3)4)68(65-32-20-31-54)66-48-45(34-64-53(40-23-16-12-17-24-40,41-25-18-13-19-26-41)42-27-29-43(62-8)30-28-42)63-33-44(47(48)67-69(9,10)52(5,6)7)59-36-57-46-49(55-35-56-50(46)59)58-51(61)39-21-14-11-15-22-39/h11-19,21-30,35-38,44-45,47-48H,20,32-34H2,1-10H3,(H,55,56,58,61)/t44-,45-,47-,48-,68?/m1/s1. The minimum Gasteiger partial charge on any atom is -0.497 e. The average Bonchev–Trinajstić information content (AvgIpc) is 3.78. The maximum Gasteiger partial charge on any atom is 0.259 e. The number of ether oxygens (including phenoxy) is 3. The molecule has 4 aromatic carbocycles. The number of nitriles is 1. The molecule has 1 fully saturated rings. The van der Waals surface area contributed by atoms with Gasteiger partial charge in [-0.2, -0.15) is 5.26 Å². The van der Waals surface area contributed by atoms with E-state index in [-0.39, 0.29) is 55.1 Å². The summed E-state index contributed by atoms with van der Waals surface area (Å²) in [6.07, 6.45) is 1.14. The van der Waals surface area contributed by atoms with Crippen LogP contribution in [0.4, 0.5) is 5.82 Å². The van der Waals surface area contributed by atoms with Crippen LogP contribution in [0.5, 0.6) is 5.75 Å². The van der Waals surface area contributed by atoms with Gasteiger partial charge in [-0.1, -0.05) is 112 Å². The van der Waals surface area contributed by atoms with Crippen molar-refractivity contribution in [1.82, 2.24) is 24.2 Å². The largest absolute Gasteiger partial charge is 0.497 e. The van der Waals surface area contributed by atoms with E-state index in [4.69, 9.17) is 37.7 Å². The van der Waals surface area contributed by atoms with E-state index in [1.165, 1.54) is 6.33 Å². The second-order valence-electron chi connectivity index (χ2n) is 19.2. The normalized spacial score (nSPS) is 18.4. The summed E-state index contributed by atoms with van der Waals surface area (Å²) < 4.78 is 46.2. The summed E-state index contributed by atoms with van der Waals surface area (Å²) in [5.74, 6) is 0.686. The predicted molar refractivity (Wildman–Crippen MR) is 272 cm³/mol. The zero-order chi connectivity index (χ0) is 49.3. The van der Waals surface area contributed by atoms with Gasteiger partial charge in [0.25, 0.3) is 14.4 Å². The van der Waals surface area contributed by atoms with Crippen molar-refractivity contribution in [1.29, 1.82) is 5.26 Å². The fourth-order valence-corrected chi connectivity index (χ4v) is 11.6. The molecule has 14 nitrogen and oxygen atoms in total. The van der Waals surface area contributed by atoms with Gasteiger partial charge in [0.05, 0.1) is 57.9 Å². The maximum absolute atomic E-state index is 13.4. The molecule has 1 aliphatic heterocycles. The summed E-state index contributed by atoms with van der Waals surface area (Å²) in [5, 5.41) is 12.4. The summed E-state index contributed by atoms with van der Waals surface area (Å²) in [4.78, 5) is 27.5. The maximum atomic E-state index is 13.4. The van der Waals surface area contributed by atoms with Crippen molar-refractivity contribution in [3.05, 3.63) is 150 Å². The number of imidazole rings is 1. The van der Waals surface area contributed by atoms with E-state index < -0.39 is 46.8 Å². The van der Waals surface area contributed by atoms with Crippen LogP contribution in [0, 0.1) is 11.3 Å². The molecule has 1 amide bonds. The van der Waals surface area contributed by atoms with E-state index in [1.807, 2.05) is 83.4 Å². The number of carbonyl (C=O) groups is 1. The SMILES string of the molecule is COc1ccc(C(OC[C@H]2OC[C@@H](n3cnc4c(NC(=O)c5ccccc5)ncnc43)[C@@H](O[Si](C)(C)C(C)(C)C)[C@@H]2OP(OCCC#N)N(C(C)C)C(C)C)(c2ccccc2)c2ccccc2)cc1. The van der Waals surface area contributed by atoms with E-state index >= 15 is 0 Å². The van der Waals surface area contributed by atoms with Gasteiger partial charge in [-0.3, -0.25) is 4.79 Å². The van der Waals surface area contributed by atoms with E-state index in [9.17, 15) is 10.1 Å². The smallest absolute Gasteiger partial charge is 0.259 e. The number of nitrogens with one attached hydrogen (secondary N) is 1. The molecule has 1 N–H and O–H groups in total. The molecule has 1 saturated heterocycles. The fourth-order valence-electron chi connectivity index (χ4n) is 8.50. The van der Waals surface area contributed by atoms with Crippen molar-refractivity contribution < 1.29 is 32.5 Å². The molecular weight excluding hydrogens is 906 g/mol. The first kappa shape index (κ1) is 51.4. The van der Waals surface area contributed by atoms with E-state index in [1.54, 1.807) is 25.6 Å². The van der Waals surface area contributed by atoms with Crippen LogP contribution in [0.1, 0.15) is 88.0 Å². The number of aromatic nitrogens is 4. The lowest BCUT2D eigenvalue weighted by molar-refractivity contribution is -0.175. The predicted octanol–water partition coefficient (Wildman–Crippen LogP) is 11.1. The number of amides is 1. The molecule has 69 heavy (non-hydrogen) atoms. The van der Waals surface area contributed by atoms with Crippen LogP contribution in [0.3, 0.4) is 0 Å². The van der Waals surface area contributed by atoms with Crippen LogP contribution in [-0.4, -0.2) is 95.7 Å². The number of methoxy groups -OCH3 is 1. The molecule has 6 aromatic rings. The Morgan fingerprint density at radius 3 is 2.03 bits per heavy atom. The number of nitrogens with zero attached hydrogens (tertiary/aromatic N) is 6. The Kier molecular flexibility index (Phi) is 16.8. The van der Waals surface area contributed by atoms with Crippen molar-refractivity contribution in [3.8, 4) is 11.8 Å². The monoisotopic (exact) mass is 971 g/mol. The third kappa shape index (κ3) is 11.5. The highest BCUT2D eigenvalue weighted by atomic mass is 31.2. The second kappa shape index (κ2) is 22.6. The minimum absolute atomic E-state index is 0.0191. The molecule has 16 heteroatoms. The van der Waals surface area contributed by atoms with Gasteiger partial charge in [0.1, 0.15) is 29.9 Å². The molecule has 0 saturated carbocycles. The Labute approximate surface area is 409 Å². The Bertz CT molecular complexity index is 2580. The fraction of sp³-hybridized carbons (Fsp3) is 0.415. The molecule has 2 aromatic heterocycles. The van der Waals surface area contributed by atoms with E-state index in [0.717, 1.165) is 22.4 Å². The number of fused-ring (bicyclic) bond motifs is 1. The number of benzene rings is 4. The van der Waals surface area contributed by atoms with Crippen molar-refractivity contribution in [2.45, 2.75) is 115 Å². The number of anilines is 1. The summed E-state index contributed by atoms with van der Waals surface area (Å²) in [6, 6.07) is 39.1. The third-order valence-electron chi connectivity index (χ3n) is 13.0. The van der Waals surface area contributed by atoms with Crippen molar-refractivity contribution >= 4 is 39.7 Å². The average molecular weight is 972 g/mol. The van der Waals surface area contributed by atoms with Crippen LogP contribution in [0.2, 0.25) is 18.1 Å². The molecule has 0 bridgehead atoms. The van der Waals surface area contributed by atoms with Crippen molar-refractivity contribution in [3.63, 3.8) is 0 Å². The molecule has 5 atom stereocenters. The molecule has 7 rings (SSSR count). The summed E-state index contributed by atoms with van der Waals surface area (Å²) >= 11 is 0.